The van der Waals surface area contributed by atoms with Gasteiger partial charge in [0.2, 0.25) is 0 Å². The fraction of sp³-hybridized carbons (Fsp3) is 0.409. The van der Waals surface area contributed by atoms with Gasteiger partial charge in [0.15, 0.2) is 4.96 Å². The Bertz CT molecular complexity index is 1140. The summed E-state index contributed by atoms with van der Waals surface area (Å²) in [7, 11) is 1.51. The highest BCUT2D eigenvalue weighted by atomic mass is 32.1. The minimum Gasteiger partial charge on any atom is -0.496 e. The summed E-state index contributed by atoms with van der Waals surface area (Å²) in [6.45, 7) is 6.81. The average Bonchev–Trinajstić information content (AvgIpc) is 3.07. The van der Waals surface area contributed by atoms with Crippen LogP contribution in [0.5, 0.6) is 5.75 Å². The molecule has 1 N–H and O–H groups in total. The molecule has 0 bridgehead atoms. The Labute approximate surface area is 173 Å². The van der Waals surface area contributed by atoms with E-state index in [0.717, 1.165) is 25.0 Å². The number of aryl methyl sites for hydroxylation is 1. The number of nitrogens with one attached hydrogen (secondary N) is 1. The van der Waals surface area contributed by atoms with Gasteiger partial charge in [-0.25, -0.2) is 4.98 Å². The molecule has 0 spiro atoms. The van der Waals surface area contributed by atoms with E-state index in [1.165, 1.54) is 18.2 Å². The monoisotopic (exact) mass is 411 g/mol. The van der Waals surface area contributed by atoms with E-state index in [1.807, 2.05) is 0 Å². The van der Waals surface area contributed by atoms with E-state index in [-0.39, 0.29) is 16.7 Å². The molecule has 6 nitrogen and oxygen atoms in total. The van der Waals surface area contributed by atoms with Crippen molar-refractivity contribution in [3.05, 3.63) is 57.0 Å². The SMILES string of the molecule is COc1ccccc1C(=O)Nc1cnc2sc3c(n2c1=O)CCC(C(C)(C)C)C3. The van der Waals surface area contributed by atoms with Crippen LogP contribution in [-0.4, -0.2) is 22.4 Å². The minimum atomic E-state index is -0.391. The molecule has 152 valence electrons. The first kappa shape index (κ1) is 19.6. The maximum atomic E-state index is 13.1. The second-order valence-electron chi connectivity index (χ2n) is 8.53. The van der Waals surface area contributed by atoms with Crippen molar-refractivity contribution in [2.24, 2.45) is 11.3 Å². The number of nitrogens with zero attached hydrogens (tertiary/aromatic N) is 2. The smallest absolute Gasteiger partial charge is 0.282 e. The zero-order chi connectivity index (χ0) is 20.8. The van der Waals surface area contributed by atoms with Crippen LogP contribution in [0.2, 0.25) is 0 Å². The summed E-state index contributed by atoms with van der Waals surface area (Å²) >= 11 is 1.58. The number of rotatable bonds is 3. The first-order valence-corrected chi connectivity index (χ1v) is 10.6. The van der Waals surface area contributed by atoms with Crippen molar-refractivity contribution < 1.29 is 9.53 Å². The highest BCUT2D eigenvalue weighted by Crippen LogP contribution is 2.39. The molecule has 1 aliphatic rings. The molecule has 0 saturated carbocycles. The summed E-state index contributed by atoms with van der Waals surface area (Å²) in [5, 5.41) is 2.71. The van der Waals surface area contributed by atoms with Crippen molar-refractivity contribution in [3.8, 4) is 5.75 Å². The number of methoxy groups -OCH3 is 1. The Hall–Kier alpha value is -2.67. The lowest BCUT2D eigenvalue weighted by Crippen LogP contribution is -2.28. The molecule has 3 aromatic rings. The fourth-order valence-corrected chi connectivity index (χ4v) is 5.14. The second kappa shape index (κ2) is 7.30. The highest BCUT2D eigenvalue weighted by molar-refractivity contribution is 7.17. The maximum Gasteiger partial charge on any atom is 0.282 e. The number of hydrogen-bond acceptors (Lipinski definition) is 5. The second-order valence-corrected chi connectivity index (χ2v) is 9.59. The van der Waals surface area contributed by atoms with Crippen LogP contribution >= 0.6 is 11.3 Å². The van der Waals surface area contributed by atoms with Crippen LogP contribution in [0.4, 0.5) is 5.69 Å². The summed E-state index contributed by atoms with van der Waals surface area (Å²) in [6, 6.07) is 6.92. The number of carbonyl (C=O) groups is 1. The molecule has 1 atom stereocenters. The van der Waals surface area contributed by atoms with Gasteiger partial charge in [-0.3, -0.25) is 14.0 Å². The molecule has 29 heavy (non-hydrogen) atoms. The summed E-state index contributed by atoms with van der Waals surface area (Å²) < 4.78 is 6.92. The molecule has 1 amide bonds. The lowest BCUT2D eigenvalue weighted by atomic mass is 9.73. The van der Waals surface area contributed by atoms with Crippen LogP contribution in [-0.2, 0) is 12.8 Å². The lowest BCUT2D eigenvalue weighted by molar-refractivity contribution is 0.102. The van der Waals surface area contributed by atoms with E-state index in [1.54, 1.807) is 40.0 Å². The van der Waals surface area contributed by atoms with E-state index in [4.69, 9.17) is 4.74 Å². The molecule has 0 saturated heterocycles. The molecule has 0 aliphatic heterocycles. The molecule has 0 radical (unpaired) electrons. The normalized spacial score (nSPS) is 16.5. The first-order chi connectivity index (χ1) is 13.8. The van der Waals surface area contributed by atoms with Crippen LogP contribution < -0.4 is 15.6 Å². The molecular formula is C22H25N3O3S. The van der Waals surface area contributed by atoms with Gasteiger partial charge in [0.25, 0.3) is 11.5 Å². The van der Waals surface area contributed by atoms with Crippen LogP contribution in [0.3, 0.4) is 0 Å². The Morgan fingerprint density at radius 3 is 2.79 bits per heavy atom. The number of carbonyl (C=O) groups excluding carboxylic acids is 1. The van der Waals surface area contributed by atoms with Gasteiger partial charge in [-0.1, -0.05) is 32.9 Å². The van der Waals surface area contributed by atoms with Crippen LogP contribution in [0.1, 0.15) is 48.1 Å². The van der Waals surface area contributed by atoms with Gasteiger partial charge >= 0.3 is 0 Å². The Kier molecular flexibility index (Phi) is 4.94. The number of fused-ring (bicyclic) bond motifs is 3. The summed E-state index contributed by atoms with van der Waals surface area (Å²) in [6.07, 6.45) is 4.32. The van der Waals surface area contributed by atoms with Gasteiger partial charge in [0.1, 0.15) is 11.4 Å². The average molecular weight is 412 g/mol. The molecule has 7 heteroatoms. The van der Waals surface area contributed by atoms with Crippen LogP contribution in [0, 0.1) is 11.3 Å². The Morgan fingerprint density at radius 1 is 1.31 bits per heavy atom. The zero-order valence-corrected chi connectivity index (χ0v) is 17.9. The highest BCUT2D eigenvalue weighted by Gasteiger charge is 2.31. The number of amides is 1. The number of thiazole rings is 1. The van der Waals surface area contributed by atoms with Crippen LogP contribution in [0.15, 0.2) is 35.3 Å². The lowest BCUT2D eigenvalue weighted by Gasteiger charge is -2.33. The van der Waals surface area contributed by atoms with Gasteiger partial charge < -0.3 is 10.1 Å². The molecule has 2 heterocycles. The van der Waals surface area contributed by atoms with Gasteiger partial charge in [-0.15, -0.1) is 11.3 Å². The number of benzene rings is 1. The fourth-order valence-electron chi connectivity index (χ4n) is 3.94. The van der Waals surface area contributed by atoms with E-state index in [0.29, 0.717) is 22.2 Å². The number of anilines is 1. The summed E-state index contributed by atoms with van der Waals surface area (Å²) in [5.41, 5.74) is 1.60. The molecule has 1 aliphatic carbocycles. The molecular weight excluding hydrogens is 386 g/mol. The zero-order valence-electron chi connectivity index (χ0n) is 17.1. The molecule has 4 rings (SSSR count). The minimum absolute atomic E-state index is 0.178. The number of hydrogen-bond donors (Lipinski definition) is 1. The van der Waals surface area contributed by atoms with E-state index in [2.05, 4.69) is 31.1 Å². The third-order valence-corrected chi connectivity index (χ3v) is 6.84. The topological polar surface area (TPSA) is 72.7 Å². The van der Waals surface area contributed by atoms with E-state index >= 15 is 0 Å². The molecule has 2 aromatic heterocycles. The van der Waals surface area contributed by atoms with Gasteiger partial charge in [-0.05, 0) is 42.7 Å². The molecule has 0 fully saturated rings. The quantitative estimate of drug-likeness (QED) is 0.702. The first-order valence-electron chi connectivity index (χ1n) is 9.76. The summed E-state index contributed by atoms with van der Waals surface area (Å²) in [5.74, 6) is 0.655. The third kappa shape index (κ3) is 3.55. The molecule has 1 unspecified atom stereocenters. The van der Waals surface area contributed by atoms with Crippen molar-refractivity contribution in [1.29, 1.82) is 0 Å². The predicted molar refractivity (Wildman–Crippen MR) is 115 cm³/mol. The van der Waals surface area contributed by atoms with E-state index in [9.17, 15) is 9.59 Å². The largest absolute Gasteiger partial charge is 0.496 e. The number of para-hydroxylation sites is 1. The van der Waals surface area contributed by atoms with Gasteiger partial charge in [0, 0.05) is 10.6 Å². The molecule has 1 aromatic carbocycles. The van der Waals surface area contributed by atoms with Crippen molar-refractivity contribution in [2.75, 3.05) is 12.4 Å². The van der Waals surface area contributed by atoms with Gasteiger partial charge in [0.05, 0.1) is 18.9 Å². The Morgan fingerprint density at radius 2 is 2.07 bits per heavy atom. The maximum absolute atomic E-state index is 13.1. The van der Waals surface area contributed by atoms with Crippen molar-refractivity contribution in [1.82, 2.24) is 9.38 Å². The van der Waals surface area contributed by atoms with Crippen molar-refractivity contribution in [2.45, 2.75) is 40.0 Å². The predicted octanol–water partition coefficient (Wildman–Crippen LogP) is 4.17. The standard InChI is InChI=1S/C22H25N3O3S/c1-22(2,3)13-9-10-16-18(11-13)29-21-23-12-15(20(27)25(16)21)24-19(26)14-7-5-6-8-17(14)28-4/h5-8,12-13H,9-11H2,1-4H3,(H,24,26). The Balaban J connectivity index is 1.69. The number of aromatic nitrogens is 2. The van der Waals surface area contributed by atoms with Crippen molar-refractivity contribution in [3.63, 3.8) is 0 Å². The van der Waals surface area contributed by atoms with Gasteiger partial charge in [-0.2, -0.15) is 0 Å². The van der Waals surface area contributed by atoms with Crippen LogP contribution in [0.25, 0.3) is 4.96 Å². The van der Waals surface area contributed by atoms with E-state index < -0.39 is 5.91 Å². The van der Waals surface area contributed by atoms with Crippen molar-refractivity contribution >= 4 is 27.9 Å². The third-order valence-electron chi connectivity index (χ3n) is 5.72. The summed E-state index contributed by atoms with van der Waals surface area (Å²) in [4.78, 5) is 32.2. The number of ether oxygens (including phenoxy) is 1.